The van der Waals surface area contributed by atoms with Gasteiger partial charge in [0.05, 0.1) is 18.1 Å². The number of aromatic nitrogens is 4. The molecule has 196 valence electrons. The first-order valence-electron chi connectivity index (χ1n) is 12.0. The van der Waals surface area contributed by atoms with Crippen molar-refractivity contribution in [2.75, 3.05) is 36.8 Å². The van der Waals surface area contributed by atoms with Crippen LogP contribution in [0, 0.1) is 0 Å². The zero-order valence-corrected chi connectivity index (χ0v) is 21.9. The average molecular weight is 527 g/mol. The highest BCUT2D eigenvalue weighted by atomic mass is 35.5. The molecule has 3 aromatic rings. The minimum absolute atomic E-state index is 0.0753. The molecule has 1 aliphatic heterocycles. The number of carbonyl (C=O) groups excluding carboxylic acids is 2. The summed E-state index contributed by atoms with van der Waals surface area (Å²) in [4.78, 5) is 37.0. The molecule has 1 aromatic carbocycles. The van der Waals surface area contributed by atoms with Crippen LogP contribution in [0.2, 0.25) is 5.02 Å². The smallest absolute Gasteiger partial charge is 0.410 e. The lowest BCUT2D eigenvalue weighted by atomic mass is 10.2. The lowest BCUT2D eigenvalue weighted by Crippen LogP contribution is -2.52. The van der Waals surface area contributed by atoms with E-state index in [0.717, 1.165) is 5.56 Å². The quantitative estimate of drug-likeness (QED) is 0.478. The van der Waals surface area contributed by atoms with Crippen LogP contribution in [0.5, 0.6) is 0 Å². The summed E-state index contributed by atoms with van der Waals surface area (Å²) in [6, 6.07) is 9.93. The fourth-order valence-electron chi connectivity index (χ4n) is 3.68. The number of anilines is 3. The van der Waals surface area contributed by atoms with Gasteiger partial charge in [0.15, 0.2) is 5.82 Å². The molecule has 4 rings (SSSR count). The molecule has 2 N–H and O–H groups in total. The molecule has 0 bridgehead atoms. The second-order valence-corrected chi connectivity index (χ2v) is 10.0. The molecule has 0 atom stereocenters. The molecule has 2 aromatic heterocycles. The number of hydrogen-bond acceptors (Lipinski definition) is 8. The van der Waals surface area contributed by atoms with E-state index in [1.807, 2.05) is 51.1 Å². The Kier molecular flexibility index (Phi) is 8.12. The Bertz CT molecular complexity index is 1220. The molecule has 11 nitrogen and oxygen atoms in total. The number of hydrogen-bond donors (Lipinski definition) is 2. The predicted molar refractivity (Wildman–Crippen MR) is 141 cm³/mol. The Morgan fingerprint density at radius 3 is 2.46 bits per heavy atom. The summed E-state index contributed by atoms with van der Waals surface area (Å²) < 4.78 is 6.96. The number of nitrogens with zero attached hydrogens (tertiary/aromatic N) is 6. The number of nitrogens with one attached hydrogen (secondary N) is 2. The Hall–Kier alpha value is -3.86. The molecule has 12 heteroatoms. The number of rotatable bonds is 7. The number of piperazine rings is 1. The first-order chi connectivity index (χ1) is 17.7. The van der Waals surface area contributed by atoms with Gasteiger partial charge in [0.1, 0.15) is 17.2 Å². The van der Waals surface area contributed by atoms with Crippen LogP contribution in [0.3, 0.4) is 0 Å². The van der Waals surface area contributed by atoms with Gasteiger partial charge in [0.25, 0.3) is 0 Å². The SMILES string of the molecule is CC(C)(C)OC(=O)N1CCN(C(=O)Cn2cc(Nc3ncc(Cl)c(NCc4ccccc4)n3)cn2)CC1. The maximum absolute atomic E-state index is 12.8. The molecule has 3 heterocycles. The van der Waals surface area contributed by atoms with E-state index in [1.165, 1.54) is 6.20 Å². The van der Waals surface area contributed by atoms with E-state index in [1.54, 1.807) is 26.9 Å². The molecule has 1 aliphatic rings. The summed E-state index contributed by atoms with van der Waals surface area (Å²) in [5.41, 5.74) is 1.19. The van der Waals surface area contributed by atoms with Gasteiger partial charge < -0.3 is 25.2 Å². The maximum atomic E-state index is 12.8. The summed E-state index contributed by atoms with van der Waals surface area (Å²) >= 11 is 6.25. The van der Waals surface area contributed by atoms with Crippen LogP contribution in [0.15, 0.2) is 48.9 Å². The fraction of sp³-hybridized carbons (Fsp3) is 0.400. The topological polar surface area (TPSA) is 118 Å². The number of ether oxygens (including phenoxy) is 1. The molecule has 0 aliphatic carbocycles. The van der Waals surface area contributed by atoms with Crippen molar-refractivity contribution in [3.05, 3.63) is 59.5 Å². The van der Waals surface area contributed by atoms with E-state index >= 15 is 0 Å². The summed E-state index contributed by atoms with van der Waals surface area (Å²) in [5.74, 6) is 0.786. The van der Waals surface area contributed by atoms with Crippen molar-refractivity contribution in [2.45, 2.75) is 39.5 Å². The van der Waals surface area contributed by atoms with Crippen LogP contribution in [-0.4, -0.2) is 73.3 Å². The minimum atomic E-state index is -0.548. The zero-order valence-electron chi connectivity index (χ0n) is 21.1. The van der Waals surface area contributed by atoms with Crippen LogP contribution in [0.25, 0.3) is 0 Å². The Labute approximate surface area is 220 Å². The molecule has 0 radical (unpaired) electrons. The van der Waals surface area contributed by atoms with Gasteiger partial charge in [0.2, 0.25) is 11.9 Å². The molecule has 1 saturated heterocycles. The lowest BCUT2D eigenvalue weighted by molar-refractivity contribution is -0.133. The first-order valence-corrected chi connectivity index (χ1v) is 12.4. The van der Waals surface area contributed by atoms with Gasteiger partial charge in [-0.25, -0.2) is 9.78 Å². The normalized spacial score (nSPS) is 13.8. The van der Waals surface area contributed by atoms with E-state index < -0.39 is 5.60 Å². The van der Waals surface area contributed by atoms with Crippen molar-refractivity contribution in [1.82, 2.24) is 29.5 Å². The van der Waals surface area contributed by atoms with E-state index in [9.17, 15) is 9.59 Å². The number of amides is 2. The number of halogens is 1. The first kappa shape index (κ1) is 26.2. The summed E-state index contributed by atoms with van der Waals surface area (Å²) in [6.45, 7) is 7.91. The Morgan fingerprint density at radius 1 is 1.05 bits per heavy atom. The van der Waals surface area contributed by atoms with Crippen molar-refractivity contribution >= 4 is 41.1 Å². The van der Waals surface area contributed by atoms with E-state index in [2.05, 4.69) is 25.7 Å². The van der Waals surface area contributed by atoms with Gasteiger partial charge in [-0.3, -0.25) is 9.48 Å². The molecule has 2 amide bonds. The van der Waals surface area contributed by atoms with Crippen LogP contribution in [0.4, 0.5) is 22.2 Å². The van der Waals surface area contributed by atoms with Crippen molar-refractivity contribution < 1.29 is 14.3 Å². The summed E-state index contributed by atoms with van der Waals surface area (Å²) in [5, 5.41) is 11.0. The van der Waals surface area contributed by atoms with E-state index in [4.69, 9.17) is 16.3 Å². The van der Waals surface area contributed by atoms with Crippen LogP contribution < -0.4 is 10.6 Å². The van der Waals surface area contributed by atoms with Crippen molar-refractivity contribution in [3.63, 3.8) is 0 Å². The van der Waals surface area contributed by atoms with Gasteiger partial charge in [-0.1, -0.05) is 41.9 Å². The van der Waals surface area contributed by atoms with Crippen LogP contribution in [-0.2, 0) is 22.6 Å². The molecule has 0 unspecified atom stereocenters. The highest BCUT2D eigenvalue weighted by Crippen LogP contribution is 2.22. The minimum Gasteiger partial charge on any atom is -0.444 e. The molecular formula is C25H31ClN8O3. The van der Waals surface area contributed by atoms with Crippen molar-refractivity contribution in [2.24, 2.45) is 0 Å². The van der Waals surface area contributed by atoms with Crippen LogP contribution in [0.1, 0.15) is 26.3 Å². The van der Waals surface area contributed by atoms with Gasteiger partial charge >= 0.3 is 6.09 Å². The van der Waals surface area contributed by atoms with Crippen LogP contribution >= 0.6 is 11.6 Å². The van der Waals surface area contributed by atoms with Gasteiger partial charge in [0, 0.05) is 38.9 Å². The standard InChI is InChI=1S/C25H31ClN8O3/c1-25(2,3)37-24(36)33-11-9-32(10-12-33)21(35)17-34-16-19(14-29-34)30-23-28-15-20(26)22(31-23)27-13-18-7-5-4-6-8-18/h4-8,14-16H,9-13,17H2,1-3H3,(H2,27,28,30,31). The summed E-state index contributed by atoms with van der Waals surface area (Å²) in [6.07, 6.45) is 4.48. The predicted octanol–water partition coefficient (Wildman–Crippen LogP) is 3.76. The average Bonchev–Trinajstić information content (AvgIpc) is 3.30. The highest BCUT2D eigenvalue weighted by Gasteiger charge is 2.27. The molecule has 1 fully saturated rings. The Balaban J connectivity index is 1.28. The van der Waals surface area contributed by atoms with Gasteiger partial charge in [-0.05, 0) is 26.3 Å². The fourth-order valence-corrected chi connectivity index (χ4v) is 3.84. The van der Waals surface area contributed by atoms with E-state index in [0.29, 0.717) is 55.2 Å². The molecular weight excluding hydrogens is 496 g/mol. The second kappa shape index (κ2) is 11.5. The van der Waals surface area contributed by atoms with E-state index in [-0.39, 0.29) is 18.5 Å². The Morgan fingerprint density at radius 2 is 1.76 bits per heavy atom. The monoisotopic (exact) mass is 526 g/mol. The lowest BCUT2D eigenvalue weighted by Gasteiger charge is -2.35. The summed E-state index contributed by atoms with van der Waals surface area (Å²) in [7, 11) is 0. The molecule has 0 saturated carbocycles. The van der Waals surface area contributed by atoms with Gasteiger partial charge in [-0.2, -0.15) is 10.1 Å². The molecule has 37 heavy (non-hydrogen) atoms. The largest absolute Gasteiger partial charge is 0.444 e. The number of benzene rings is 1. The molecule has 0 spiro atoms. The second-order valence-electron chi connectivity index (χ2n) is 9.63. The van der Waals surface area contributed by atoms with Gasteiger partial charge in [-0.15, -0.1) is 0 Å². The third-order valence-corrected chi connectivity index (χ3v) is 5.79. The third-order valence-electron chi connectivity index (χ3n) is 5.52. The highest BCUT2D eigenvalue weighted by molar-refractivity contribution is 6.32. The maximum Gasteiger partial charge on any atom is 0.410 e. The number of carbonyl (C=O) groups is 2. The zero-order chi connectivity index (χ0) is 26.4. The third kappa shape index (κ3) is 7.56. The van der Waals surface area contributed by atoms with Crippen molar-refractivity contribution in [1.29, 1.82) is 0 Å². The van der Waals surface area contributed by atoms with Crippen molar-refractivity contribution in [3.8, 4) is 0 Å².